The van der Waals surface area contributed by atoms with Crippen molar-refractivity contribution in [1.82, 2.24) is 5.32 Å². The molecule has 118 valence electrons. The molecule has 0 unspecified atom stereocenters. The number of rotatable bonds is 5. The fraction of sp³-hybridized carbons (Fsp3) is 0.214. The Morgan fingerprint density at radius 1 is 1.18 bits per heavy atom. The number of halogens is 4. The standard InChI is InChI=1S/C14H11F4NO3/c1-2-19-14(20)10-4-3-7(22-10)6-21-13-11(17)8(15)5-9(16)12(13)18/h3-5H,2,6H2,1H3,(H,19,20). The van der Waals surface area contributed by atoms with E-state index in [0.29, 0.717) is 6.54 Å². The molecular weight excluding hydrogens is 306 g/mol. The molecule has 0 saturated carbocycles. The molecule has 0 fully saturated rings. The molecule has 0 atom stereocenters. The van der Waals surface area contributed by atoms with Crippen LogP contribution in [0.3, 0.4) is 0 Å². The lowest BCUT2D eigenvalue weighted by molar-refractivity contribution is 0.0923. The summed E-state index contributed by atoms with van der Waals surface area (Å²) in [6, 6.07) is 2.76. The predicted molar refractivity (Wildman–Crippen MR) is 67.3 cm³/mol. The van der Waals surface area contributed by atoms with E-state index in [-0.39, 0.29) is 17.6 Å². The molecule has 0 aliphatic heterocycles. The first-order valence-corrected chi connectivity index (χ1v) is 6.26. The summed E-state index contributed by atoms with van der Waals surface area (Å²) in [6.45, 7) is 1.61. The van der Waals surface area contributed by atoms with Gasteiger partial charge in [-0.25, -0.2) is 8.78 Å². The summed E-state index contributed by atoms with van der Waals surface area (Å²) in [6.07, 6.45) is 0. The average molecular weight is 317 g/mol. The van der Waals surface area contributed by atoms with Gasteiger partial charge in [0.15, 0.2) is 23.1 Å². The third kappa shape index (κ3) is 3.21. The SMILES string of the molecule is CCNC(=O)c1ccc(COc2c(F)c(F)cc(F)c2F)o1. The monoisotopic (exact) mass is 317 g/mol. The second-order valence-electron chi connectivity index (χ2n) is 4.21. The van der Waals surface area contributed by atoms with Crippen LogP contribution in [0, 0.1) is 23.3 Å². The zero-order chi connectivity index (χ0) is 16.3. The van der Waals surface area contributed by atoms with Crippen molar-refractivity contribution in [1.29, 1.82) is 0 Å². The number of hydrogen-bond donors (Lipinski definition) is 1. The fourth-order valence-electron chi connectivity index (χ4n) is 1.65. The Hall–Kier alpha value is -2.51. The highest BCUT2D eigenvalue weighted by molar-refractivity contribution is 5.91. The number of hydrogen-bond acceptors (Lipinski definition) is 3. The number of benzene rings is 1. The quantitative estimate of drug-likeness (QED) is 0.681. The fourth-order valence-corrected chi connectivity index (χ4v) is 1.65. The van der Waals surface area contributed by atoms with E-state index in [1.807, 2.05) is 0 Å². The van der Waals surface area contributed by atoms with E-state index in [2.05, 4.69) is 5.32 Å². The Labute approximate surface area is 122 Å². The molecule has 22 heavy (non-hydrogen) atoms. The van der Waals surface area contributed by atoms with Gasteiger partial charge in [0.05, 0.1) is 0 Å². The van der Waals surface area contributed by atoms with Gasteiger partial charge in [0.25, 0.3) is 5.91 Å². The van der Waals surface area contributed by atoms with Gasteiger partial charge in [-0.05, 0) is 19.1 Å². The highest BCUT2D eigenvalue weighted by Gasteiger charge is 2.21. The van der Waals surface area contributed by atoms with Crippen LogP contribution >= 0.6 is 0 Å². The third-order valence-corrected chi connectivity index (χ3v) is 2.65. The molecule has 1 amide bonds. The van der Waals surface area contributed by atoms with Gasteiger partial charge in [-0.15, -0.1) is 0 Å². The van der Waals surface area contributed by atoms with Crippen LogP contribution in [-0.2, 0) is 6.61 Å². The normalized spacial score (nSPS) is 10.6. The summed E-state index contributed by atoms with van der Waals surface area (Å²) in [5.41, 5.74) is 0. The number of amides is 1. The van der Waals surface area contributed by atoms with Crippen LogP contribution in [0.4, 0.5) is 17.6 Å². The van der Waals surface area contributed by atoms with Gasteiger partial charge < -0.3 is 14.5 Å². The Morgan fingerprint density at radius 3 is 2.41 bits per heavy atom. The first kappa shape index (κ1) is 15.9. The van der Waals surface area contributed by atoms with Gasteiger partial charge in [0, 0.05) is 12.6 Å². The van der Waals surface area contributed by atoms with Crippen LogP contribution in [0.1, 0.15) is 23.2 Å². The zero-order valence-corrected chi connectivity index (χ0v) is 11.4. The van der Waals surface area contributed by atoms with Crippen LogP contribution in [0.25, 0.3) is 0 Å². The summed E-state index contributed by atoms with van der Waals surface area (Å²) in [7, 11) is 0. The molecular formula is C14H11F4NO3. The minimum atomic E-state index is -1.64. The molecule has 0 aliphatic carbocycles. The maximum atomic E-state index is 13.4. The van der Waals surface area contributed by atoms with E-state index in [1.165, 1.54) is 12.1 Å². The minimum Gasteiger partial charge on any atom is -0.479 e. The zero-order valence-electron chi connectivity index (χ0n) is 11.4. The summed E-state index contributed by atoms with van der Waals surface area (Å²) >= 11 is 0. The summed E-state index contributed by atoms with van der Waals surface area (Å²) in [5, 5.41) is 2.49. The van der Waals surface area contributed by atoms with E-state index in [1.54, 1.807) is 6.92 Å². The molecule has 8 heteroatoms. The van der Waals surface area contributed by atoms with Crippen molar-refractivity contribution >= 4 is 5.91 Å². The Bertz CT molecular complexity index is 673. The van der Waals surface area contributed by atoms with Gasteiger partial charge >= 0.3 is 0 Å². The van der Waals surface area contributed by atoms with E-state index in [4.69, 9.17) is 9.15 Å². The second-order valence-corrected chi connectivity index (χ2v) is 4.21. The van der Waals surface area contributed by atoms with Crippen molar-refractivity contribution in [3.05, 3.63) is 53.0 Å². The van der Waals surface area contributed by atoms with Crippen molar-refractivity contribution in [2.45, 2.75) is 13.5 Å². The van der Waals surface area contributed by atoms with Gasteiger partial charge in [-0.2, -0.15) is 8.78 Å². The molecule has 1 aromatic heterocycles. The third-order valence-electron chi connectivity index (χ3n) is 2.65. The Balaban J connectivity index is 2.13. The lowest BCUT2D eigenvalue weighted by atomic mass is 10.3. The van der Waals surface area contributed by atoms with Gasteiger partial charge in [0.2, 0.25) is 11.6 Å². The average Bonchev–Trinajstić information content (AvgIpc) is 2.94. The van der Waals surface area contributed by atoms with E-state index in [9.17, 15) is 22.4 Å². The maximum Gasteiger partial charge on any atom is 0.286 e. The Kier molecular flexibility index (Phi) is 4.69. The van der Waals surface area contributed by atoms with Crippen molar-refractivity contribution in [2.24, 2.45) is 0 Å². The van der Waals surface area contributed by atoms with Gasteiger partial charge in [-0.1, -0.05) is 0 Å². The minimum absolute atomic E-state index is 0.0215. The van der Waals surface area contributed by atoms with Crippen molar-refractivity contribution in [2.75, 3.05) is 6.54 Å². The van der Waals surface area contributed by atoms with E-state index >= 15 is 0 Å². The smallest absolute Gasteiger partial charge is 0.286 e. The van der Waals surface area contributed by atoms with Crippen LogP contribution in [0.15, 0.2) is 22.6 Å². The first-order valence-electron chi connectivity index (χ1n) is 6.26. The molecule has 2 aromatic rings. The van der Waals surface area contributed by atoms with Gasteiger partial charge in [0.1, 0.15) is 12.4 Å². The molecule has 0 spiro atoms. The van der Waals surface area contributed by atoms with Crippen molar-refractivity contribution in [3.8, 4) is 5.75 Å². The molecule has 2 rings (SSSR count). The van der Waals surface area contributed by atoms with Crippen molar-refractivity contribution < 1.29 is 31.5 Å². The molecule has 0 radical (unpaired) electrons. The van der Waals surface area contributed by atoms with Gasteiger partial charge in [-0.3, -0.25) is 4.79 Å². The van der Waals surface area contributed by atoms with Crippen LogP contribution in [-0.4, -0.2) is 12.5 Å². The predicted octanol–water partition coefficient (Wildman–Crippen LogP) is 3.16. The second kappa shape index (κ2) is 6.50. The summed E-state index contributed by atoms with van der Waals surface area (Å²) in [5.74, 6) is -8.05. The number of carbonyl (C=O) groups excluding carboxylic acids is 1. The Morgan fingerprint density at radius 2 is 1.82 bits per heavy atom. The van der Waals surface area contributed by atoms with Crippen LogP contribution in [0.5, 0.6) is 5.75 Å². The topological polar surface area (TPSA) is 51.5 Å². The number of carbonyl (C=O) groups is 1. The molecule has 0 saturated heterocycles. The van der Waals surface area contributed by atoms with Crippen molar-refractivity contribution in [3.63, 3.8) is 0 Å². The number of ether oxygens (including phenoxy) is 1. The molecule has 4 nitrogen and oxygen atoms in total. The molecule has 1 aromatic carbocycles. The van der Waals surface area contributed by atoms with E-state index in [0.717, 1.165) is 0 Å². The number of furan rings is 1. The van der Waals surface area contributed by atoms with E-state index < -0.39 is 41.5 Å². The lowest BCUT2D eigenvalue weighted by Gasteiger charge is -2.08. The maximum absolute atomic E-state index is 13.4. The van der Waals surface area contributed by atoms with Crippen LogP contribution < -0.4 is 10.1 Å². The molecule has 1 heterocycles. The first-order chi connectivity index (χ1) is 10.4. The summed E-state index contributed by atoms with van der Waals surface area (Å²) in [4.78, 5) is 11.5. The molecule has 1 N–H and O–H groups in total. The summed E-state index contributed by atoms with van der Waals surface area (Å²) < 4.78 is 62.6. The lowest BCUT2D eigenvalue weighted by Crippen LogP contribution is -2.21. The highest BCUT2D eigenvalue weighted by Crippen LogP contribution is 2.27. The molecule has 0 aliphatic rings. The molecule has 0 bridgehead atoms. The van der Waals surface area contributed by atoms with Crippen LogP contribution in [0.2, 0.25) is 0 Å². The highest BCUT2D eigenvalue weighted by atomic mass is 19.2. The number of nitrogens with one attached hydrogen (secondary N) is 1. The largest absolute Gasteiger partial charge is 0.479 e.